The second kappa shape index (κ2) is 6.57. The van der Waals surface area contributed by atoms with Gasteiger partial charge in [-0.05, 0) is 37.3 Å². The van der Waals surface area contributed by atoms with Crippen LogP contribution in [-0.4, -0.2) is 24.2 Å². The van der Waals surface area contributed by atoms with Gasteiger partial charge in [0.2, 0.25) is 0 Å². The first-order valence-electron chi connectivity index (χ1n) is 6.99. The van der Waals surface area contributed by atoms with Gasteiger partial charge in [-0.25, -0.2) is 0 Å². The largest absolute Gasteiger partial charge is 0.481 e. The summed E-state index contributed by atoms with van der Waals surface area (Å²) in [4.78, 5) is 12.9. The molecule has 0 aliphatic carbocycles. The third-order valence-electron chi connectivity index (χ3n) is 3.69. The number of anilines is 1. The van der Waals surface area contributed by atoms with Crippen LogP contribution < -0.4 is 10.6 Å². The number of nitrogens with zero attached hydrogens (tertiary/aromatic N) is 1. The number of carboxylic acids is 1. The van der Waals surface area contributed by atoms with Gasteiger partial charge in [-0.2, -0.15) is 0 Å². The Morgan fingerprint density at radius 3 is 2.68 bits per heavy atom. The summed E-state index contributed by atoms with van der Waals surface area (Å²) in [6, 6.07) is 8.17. The van der Waals surface area contributed by atoms with Gasteiger partial charge in [-0.1, -0.05) is 18.2 Å². The Labute approximate surface area is 114 Å². The van der Waals surface area contributed by atoms with E-state index in [1.165, 1.54) is 18.5 Å². The van der Waals surface area contributed by atoms with Crippen molar-refractivity contribution >= 4 is 11.7 Å². The molecule has 1 fully saturated rings. The Bertz CT molecular complexity index is 428. The van der Waals surface area contributed by atoms with Gasteiger partial charge in [0.05, 0.1) is 0 Å². The average Bonchev–Trinajstić information content (AvgIpc) is 2.92. The van der Waals surface area contributed by atoms with Crippen LogP contribution in [0.2, 0.25) is 0 Å². The first kappa shape index (κ1) is 13.9. The number of rotatable bonds is 6. The van der Waals surface area contributed by atoms with Gasteiger partial charge < -0.3 is 15.7 Å². The molecule has 0 amide bonds. The highest BCUT2D eigenvalue weighted by molar-refractivity contribution is 5.66. The van der Waals surface area contributed by atoms with Crippen LogP contribution in [0, 0.1) is 0 Å². The number of hydrogen-bond donors (Lipinski definition) is 2. The van der Waals surface area contributed by atoms with Crippen molar-refractivity contribution in [3.63, 3.8) is 0 Å². The molecule has 0 spiro atoms. The van der Waals surface area contributed by atoms with Crippen molar-refractivity contribution in [1.82, 2.24) is 0 Å². The maximum atomic E-state index is 10.5. The molecule has 0 aromatic heterocycles. The summed E-state index contributed by atoms with van der Waals surface area (Å²) in [6.45, 7) is 2.19. The minimum atomic E-state index is -0.750. The lowest BCUT2D eigenvalue weighted by molar-refractivity contribution is -0.137. The number of nitrogens with two attached hydrogens (primary N) is 1. The van der Waals surface area contributed by atoms with E-state index in [2.05, 4.69) is 17.0 Å². The zero-order chi connectivity index (χ0) is 13.7. The van der Waals surface area contributed by atoms with Crippen LogP contribution in [0.25, 0.3) is 0 Å². The Balaban J connectivity index is 2.03. The van der Waals surface area contributed by atoms with E-state index >= 15 is 0 Å². The number of carbonyl (C=O) groups is 1. The van der Waals surface area contributed by atoms with E-state index in [4.69, 9.17) is 10.8 Å². The van der Waals surface area contributed by atoms with Crippen LogP contribution in [0.5, 0.6) is 0 Å². The SMILES string of the molecule is N[C@@H](CCCC(=O)O)c1ccccc1N1CCCC1. The molecule has 4 nitrogen and oxygen atoms in total. The molecule has 19 heavy (non-hydrogen) atoms. The highest BCUT2D eigenvalue weighted by Gasteiger charge is 2.18. The summed E-state index contributed by atoms with van der Waals surface area (Å²) in [5.41, 5.74) is 8.60. The van der Waals surface area contributed by atoms with E-state index in [1.54, 1.807) is 0 Å². The molecule has 0 unspecified atom stereocenters. The fourth-order valence-electron chi connectivity index (χ4n) is 2.68. The monoisotopic (exact) mass is 262 g/mol. The van der Waals surface area contributed by atoms with Crippen molar-refractivity contribution in [1.29, 1.82) is 0 Å². The second-order valence-electron chi connectivity index (χ2n) is 5.15. The molecular formula is C15H22N2O2. The summed E-state index contributed by atoms with van der Waals surface area (Å²) >= 11 is 0. The predicted octanol–water partition coefficient (Wildman–Crippen LogP) is 2.54. The lowest BCUT2D eigenvalue weighted by Gasteiger charge is -2.24. The van der Waals surface area contributed by atoms with E-state index in [-0.39, 0.29) is 12.5 Å². The van der Waals surface area contributed by atoms with Gasteiger partial charge >= 0.3 is 5.97 Å². The summed E-state index contributed by atoms with van der Waals surface area (Å²) in [5.74, 6) is -0.750. The minimum Gasteiger partial charge on any atom is -0.481 e. The van der Waals surface area contributed by atoms with Crippen molar-refractivity contribution in [2.45, 2.75) is 38.1 Å². The van der Waals surface area contributed by atoms with E-state index in [1.807, 2.05) is 12.1 Å². The normalized spacial score (nSPS) is 16.6. The summed E-state index contributed by atoms with van der Waals surface area (Å²) in [5, 5.41) is 8.68. The molecule has 2 rings (SSSR count). The number of benzene rings is 1. The Morgan fingerprint density at radius 2 is 2.00 bits per heavy atom. The molecule has 104 valence electrons. The molecule has 1 atom stereocenters. The highest BCUT2D eigenvalue weighted by Crippen LogP contribution is 2.30. The first-order chi connectivity index (χ1) is 9.18. The van der Waals surface area contributed by atoms with E-state index < -0.39 is 5.97 Å². The Kier molecular flexibility index (Phi) is 4.80. The second-order valence-corrected chi connectivity index (χ2v) is 5.15. The third-order valence-corrected chi connectivity index (χ3v) is 3.69. The molecule has 0 saturated carbocycles. The number of hydrogen-bond acceptors (Lipinski definition) is 3. The maximum Gasteiger partial charge on any atom is 0.303 e. The summed E-state index contributed by atoms with van der Waals surface area (Å²) in [7, 11) is 0. The standard InChI is InChI=1S/C15H22N2O2/c16-13(7-5-9-15(18)19)12-6-1-2-8-14(12)17-10-3-4-11-17/h1-2,6,8,13H,3-5,7,9-11,16H2,(H,18,19)/t13-/m0/s1. The predicted molar refractivity (Wildman–Crippen MR) is 76.3 cm³/mol. The quantitative estimate of drug-likeness (QED) is 0.826. The van der Waals surface area contributed by atoms with E-state index in [0.717, 1.165) is 25.1 Å². The minimum absolute atomic E-state index is 0.0730. The van der Waals surface area contributed by atoms with Crippen LogP contribution in [0.4, 0.5) is 5.69 Å². The molecule has 3 N–H and O–H groups in total. The molecule has 1 saturated heterocycles. The zero-order valence-electron chi connectivity index (χ0n) is 11.2. The van der Waals surface area contributed by atoms with Gasteiger partial charge in [-0.15, -0.1) is 0 Å². The molecule has 1 heterocycles. The lowest BCUT2D eigenvalue weighted by Crippen LogP contribution is -2.22. The fourth-order valence-corrected chi connectivity index (χ4v) is 2.68. The molecule has 4 heteroatoms. The highest BCUT2D eigenvalue weighted by atomic mass is 16.4. The number of aliphatic carboxylic acids is 1. The Morgan fingerprint density at radius 1 is 1.32 bits per heavy atom. The maximum absolute atomic E-state index is 10.5. The van der Waals surface area contributed by atoms with Crippen molar-refractivity contribution < 1.29 is 9.90 Å². The summed E-state index contributed by atoms with van der Waals surface area (Å²) < 4.78 is 0. The van der Waals surface area contributed by atoms with Gasteiger partial charge in [0.15, 0.2) is 0 Å². The van der Waals surface area contributed by atoms with Crippen LogP contribution >= 0.6 is 0 Å². The van der Waals surface area contributed by atoms with E-state index in [0.29, 0.717) is 6.42 Å². The Hall–Kier alpha value is -1.55. The van der Waals surface area contributed by atoms with Crippen LogP contribution in [0.3, 0.4) is 0 Å². The fraction of sp³-hybridized carbons (Fsp3) is 0.533. The zero-order valence-corrected chi connectivity index (χ0v) is 11.2. The van der Waals surface area contributed by atoms with Gasteiger partial charge in [0, 0.05) is 31.2 Å². The molecule has 1 aliphatic rings. The molecule has 1 aromatic carbocycles. The van der Waals surface area contributed by atoms with Gasteiger partial charge in [-0.3, -0.25) is 4.79 Å². The molecule has 0 radical (unpaired) electrons. The molecule has 1 aromatic rings. The molecule has 1 aliphatic heterocycles. The third kappa shape index (κ3) is 3.70. The molecular weight excluding hydrogens is 240 g/mol. The van der Waals surface area contributed by atoms with Crippen molar-refractivity contribution in [3.8, 4) is 0 Å². The van der Waals surface area contributed by atoms with E-state index in [9.17, 15) is 4.79 Å². The van der Waals surface area contributed by atoms with Gasteiger partial charge in [0.1, 0.15) is 0 Å². The van der Waals surface area contributed by atoms with Gasteiger partial charge in [0.25, 0.3) is 0 Å². The average molecular weight is 262 g/mol. The first-order valence-corrected chi connectivity index (χ1v) is 6.99. The smallest absolute Gasteiger partial charge is 0.303 e. The topological polar surface area (TPSA) is 66.6 Å². The summed E-state index contributed by atoms with van der Waals surface area (Å²) in [6.07, 6.45) is 4.02. The van der Waals surface area contributed by atoms with Crippen molar-refractivity contribution in [2.24, 2.45) is 5.73 Å². The van der Waals surface area contributed by atoms with Crippen LogP contribution in [0.15, 0.2) is 24.3 Å². The molecule has 0 bridgehead atoms. The van der Waals surface area contributed by atoms with Crippen molar-refractivity contribution in [2.75, 3.05) is 18.0 Å². The number of carboxylic acid groups (broad SMARTS) is 1. The number of para-hydroxylation sites is 1. The van der Waals surface area contributed by atoms with Crippen molar-refractivity contribution in [3.05, 3.63) is 29.8 Å². The van der Waals surface area contributed by atoms with Crippen LogP contribution in [-0.2, 0) is 4.79 Å². The lowest BCUT2D eigenvalue weighted by atomic mass is 9.99. The van der Waals surface area contributed by atoms with Crippen LogP contribution in [0.1, 0.15) is 43.7 Å².